The van der Waals surface area contributed by atoms with Gasteiger partial charge in [0.25, 0.3) is 5.92 Å². The molecule has 3 aliphatic rings. The standard InChI is InChI=1S/C25H30F3N3/c1-17(18-4-6-19(7-5-18)20-8-9-20)30-12-10-25(11-13-30)23-21(26)16-22(24(2,27)28)31(23)15-14-29(25)3/h4-7,16,20H,1,8-15H2,2-3H3. The number of likely N-dealkylation sites (N-methyl/N-ethyl adjacent to an activating group) is 1. The van der Waals surface area contributed by atoms with E-state index in [0.29, 0.717) is 31.6 Å². The summed E-state index contributed by atoms with van der Waals surface area (Å²) < 4.78 is 44.8. The molecule has 2 aliphatic heterocycles. The van der Waals surface area contributed by atoms with Crippen LogP contribution in [0.15, 0.2) is 36.9 Å². The summed E-state index contributed by atoms with van der Waals surface area (Å²) in [6, 6.07) is 9.74. The Morgan fingerprint density at radius 3 is 2.29 bits per heavy atom. The van der Waals surface area contributed by atoms with E-state index in [9.17, 15) is 8.78 Å². The number of benzene rings is 1. The van der Waals surface area contributed by atoms with Crippen molar-refractivity contribution >= 4 is 5.70 Å². The molecule has 1 aromatic heterocycles. The van der Waals surface area contributed by atoms with E-state index in [1.807, 2.05) is 7.05 Å². The van der Waals surface area contributed by atoms with E-state index in [4.69, 9.17) is 0 Å². The normalized spacial score (nSPS) is 21.4. The van der Waals surface area contributed by atoms with Crippen molar-refractivity contribution in [1.82, 2.24) is 14.4 Å². The van der Waals surface area contributed by atoms with Crippen molar-refractivity contribution in [2.24, 2.45) is 0 Å². The van der Waals surface area contributed by atoms with Crippen molar-refractivity contribution in [3.05, 3.63) is 65.2 Å². The predicted molar refractivity (Wildman–Crippen MR) is 117 cm³/mol. The zero-order chi connectivity index (χ0) is 22.0. The van der Waals surface area contributed by atoms with Crippen LogP contribution in [0.1, 0.15) is 61.0 Å². The van der Waals surface area contributed by atoms with Crippen LogP contribution in [0, 0.1) is 5.82 Å². The van der Waals surface area contributed by atoms with Gasteiger partial charge >= 0.3 is 0 Å². The maximum absolute atomic E-state index is 15.0. The van der Waals surface area contributed by atoms with Gasteiger partial charge in [-0.3, -0.25) is 4.90 Å². The van der Waals surface area contributed by atoms with Crippen molar-refractivity contribution in [2.45, 2.75) is 56.5 Å². The van der Waals surface area contributed by atoms with E-state index in [0.717, 1.165) is 43.3 Å². The Hall–Kier alpha value is -2.21. The number of aromatic nitrogens is 1. The zero-order valence-corrected chi connectivity index (χ0v) is 18.3. The molecule has 0 amide bonds. The number of rotatable bonds is 4. The molecule has 1 saturated carbocycles. The molecule has 1 aromatic carbocycles. The SMILES string of the molecule is C=C(c1ccc(C2CC2)cc1)N1CCC2(CC1)c1c(F)cc(C(C)(F)F)n1CCN2C. The highest BCUT2D eigenvalue weighted by Crippen LogP contribution is 2.46. The Labute approximate surface area is 182 Å². The van der Waals surface area contributed by atoms with Crippen molar-refractivity contribution in [3.8, 4) is 0 Å². The second kappa shape index (κ2) is 7.16. The molecular formula is C25H30F3N3. The highest BCUT2D eigenvalue weighted by molar-refractivity contribution is 5.62. The van der Waals surface area contributed by atoms with Gasteiger partial charge in [0.05, 0.1) is 16.9 Å². The van der Waals surface area contributed by atoms with Crippen molar-refractivity contribution in [3.63, 3.8) is 0 Å². The third-order valence-electron chi connectivity index (χ3n) is 7.60. The molecule has 166 valence electrons. The third kappa shape index (κ3) is 3.39. The van der Waals surface area contributed by atoms with Gasteiger partial charge in [0.15, 0.2) is 0 Å². The molecular weight excluding hydrogens is 399 g/mol. The lowest BCUT2D eigenvalue weighted by Crippen LogP contribution is -2.56. The maximum Gasteiger partial charge on any atom is 0.285 e. The summed E-state index contributed by atoms with van der Waals surface area (Å²) in [5, 5.41) is 0. The van der Waals surface area contributed by atoms with Crippen LogP contribution in [-0.2, 0) is 18.0 Å². The average molecular weight is 430 g/mol. The summed E-state index contributed by atoms with van der Waals surface area (Å²) in [4.78, 5) is 4.41. The maximum atomic E-state index is 15.0. The number of halogens is 3. The highest BCUT2D eigenvalue weighted by atomic mass is 19.3. The van der Waals surface area contributed by atoms with Gasteiger partial charge in [-0.15, -0.1) is 0 Å². The first-order valence-electron chi connectivity index (χ1n) is 11.2. The van der Waals surface area contributed by atoms with Crippen LogP contribution in [0.25, 0.3) is 5.70 Å². The van der Waals surface area contributed by atoms with E-state index < -0.39 is 17.3 Å². The minimum absolute atomic E-state index is 0.213. The lowest BCUT2D eigenvalue weighted by molar-refractivity contribution is -0.00487. The van der Waals surface area contributed by atoms with Gasteiger partial charge in [0.2, 0.25) is 0 Å². The van der Waals surface area contributed by atoms with Crippen molar-refractivity contribution in [1.29, 1.82) is 0 Å². The molecule has 6 heteroatoms. The van der Waals surface area contributed by atoms with E-state index in [2.05, 4.69) is 40.6 Å². The Bertz CT molecular complexity index is 990. The molecule has 0 radical (unpaired) electrons. The molecule has 2 aromatic rings. The number of hydrogen-bond acceptors (Lipinski definition) is 2. The zero-order valence-electron chi connectivity index (χ0n) is 18.3. The average Bonchev–Trinajstić information content (AvgIpc) is 3.53. The lowest BCUT2D eigenvalue weighted by Gasteiger charge is -2.51. The fourth-order valence-corrected chi connectivity index (χ4v) is 5.54. The molecule has 3 nitrogen and oxygen atoms in total. The Morgan fingerprint density at radius 1 is 1.06 bits per heavy atom. The van der Waals surface area contributed by atoms with Gasteiger partial charge in [-0.05, 0) is 49.8 Å². The van der Waals surface area contributed by atoms with E-state index in [-0.39, 0.29) is 5.69 Å². The molecule has 1 aliphatic carbocycles. The van der Waals surface area contributed by atoms with Crippen LogP contribution in [-0.4, -0.2) is 41.0 Å². The molecule has 5 rings (SSSR count). The lowest BCUT2D eigenvalue weighted by atomic mass is 9.81. The van der Waals surface area contributed by atoms with Gasteiger partial charge in [-0.2, -0.15) is 0 Å². The molecule has 1 spiro atoms. The molecule has 0 bridgehead atoms. The van der Waals surface area contributed by atoms with Crippen LogP contribution in [0.4, 0.5) is 13.2 Å². The molecule has 0 N–H and O–H groups in total. The third-order valence-corrected chi connectivity index (χ3v) is 7.60. The van der Waals surface area contributed by atoms with E-state index in [1.54, 1.807) is 0 Å². The Balaban J connectivity index is 1.38. The summed E-state index contributed by atoms with van der Waals surface area (Å²) in [5.74, 6) is -2.84. The highest BCUT2D eigenvalue weighted by Gasteiger charge is 2.48. The minimum Gasteiger partial charge on any atom is -0.371 e. The van der Waals surface area contributed by atoms with Gasteiger partial charge in [0, 0.05) is 44.9 Å². The minimum atomic E-state index is -3.06. The van der Waals surface area contributed by atoms with E-state index >= 15 is 4.39 Å². The number of alkyl halides is 2. The largest absolute Gasteiger partial charge is 0.371 e. The molecule has 31 heavy (non-hydrogen) atoms. The molecule has 0 atom stereocenters. The van der Waals surface area contributed by atoms with Crippen LogP contribution >= 0.6 is 0 Å². The molecule has 2 fully saturated rings. The summed E-state index contributed by atoms with van der Waals surface area (Å²) in [7, 11) is 1.99. The quantitative estimate of drug-likeness (QED) is 0.634. The molecule has 0 unspecified atom stereocenters. The number of fused-ring (bicyclic) bond motifs is 2. The van der Waals surface area contributed by atoms with Crippen LogP contribution in [0.2, 0.25) is 0 Å². The summed E-state index contributed by atoms with van der Waals surface area (Å²) in [5.41, 5.74) is 3.15. The summed E-state index contributed by atoms with van der Waals surface area (Å²) >= 11 is 0. The number of hydrogen-bond donors (Lipinski definition) is 0. The van der Waals surface area contributed by atoms with E-state index in [1.165, 1.54) is 23.0 Å². The monoisotopic (exact) mass is 429 g/mol. The second-order valence-corrected chi connectivity index (χ2v) is 9.55. The fourth-order valence-electron chi connectivity index (χ4n) is 5.54. The first kappa shape index (κ1) is 20.7. The van der Waals surface area contributed by atoms with Gasteiger partial charge < -0.3 is 9.47 Å². The second-order valence-electron chi connectivity index (χ2n) is 9.55. The first-order chi connectivity index (χ1) is 14.7. The Kier molecular flexibility index (Phi) is 4.77. The first-order valence-corrected chi connectivity index (χ1v) is 11.2. The topological polar surface area (TPSA) is 11.4 Å². The van der Waals surface area contributed by atoms with Gasteiger partial charge in [0.1, 0.15) is 5.82 Å². The Morgan fingerprint density at radius 2 is 1.71 bits per heavy atom. The van der Waals surface area contributed by atoms with Crippen molar-refractivity contribution < 1.29 is 13.2 Å². The molecule has 3 heterocycles. The molecule has 1 saturated heterocycles. The van der Waals surface area contributed by atoms with Crippen molar-refractivity contribution in [2.75, 3.05) is 26.7 Å². The summed E-state index contributed by atoms with van der Waals surface area (Å²) in [6.45, 7) is 7.63. The smallest absolute Gasteiger partial charge is 0.285 e. The van der Waals surface area contributed by atoms with Crippen LogP contribution in [0.5, 0.6) is 0 Å². The van der Waals surface area contributed by atoms with Gasteiger partial charge in [-0.25, -0.2) is 13.2 Å². The van der Waals surface area contributed by atoms with Crippen LogP contribution in [0.3, 0.4) is 0 Å². The number of piperidine rings is 1. The van der Waals surface area contributed by atoms with Gasteiger partial charge in [-0.1, -0.05) is 30.8 Å². The number of nitrogens with zero attached hydrogens (tertiary/aromatic N) is 3. The van der Waals surface area contributed by atoms with Crippen LogP contribution < -0.4 is 0 Å². The number of likely N-dealkylation sites (tertiary alicyclic amines) is 1. The predicted octanol–water partition coefficient (Wildman–Crippen LogP) is 5.52. The fraction of sp³-hybridized carbons (Fsp3) is 0.520. The summed E-state index contributed by atoms with van der Waals surface area (Å²) in [6.07, 6.45) is 3.93.